The summed E-state index contributed by atoms with van der Waals surface area (Å²) in [5.74, 6) is 0. The molecule has 1 fully saturated rings. The number of likely N-dealkylation sites (N-methyl/N-ethyl adjacent to an activating group) is 1. The van der Waals surface area contributed by atoms with Crippen LogP contribution in [-0.4, -0.2) is 64.6 Å². The third-order valence-corrected chi connectivity index (χ3v) is 2.62. The van der Waals surface area contributed by atoms with Crippen LogP contribution in [0.2, 0.25) is 0 Å². The number of rotatable bonds is 9. The third kappa shape index (κ3) is 6.84. The van der Waals surface area contributed by atoms with Gasteiger partial charge in [-0.15, -0.1) is 0 Å². The molecule has 0 atom stereocenters. The first-order valence-electron chi connectivity index (χ1n) is 5.96. The molecule has 1 rings (SSSR count). The fourth-order valence-electron chi connectivity index (χ4n) is 1.70. The van der Waals surface area contributed by atoms with Crippen LogP contribution in [0, 0.1) is 0 Å². The zero-order valence-electron chi connectivity index (χ0n) is 9.83. The van der Waals surface area contributed by atoms with Crippen LogP contribution in [0.5, 0.6) is 0 Å². The highest BCUT2D eigenvalue weighted by Gasteiger charge is 2.09. The lowest BCUT2D eigenvalue weighted by Gasteiger charge is -2.14. The molecule has 0 aromatic heterocycles. The summed E-state index contributed by atoms with van der Waals surface area (Å²) in [5.41, 5.74) is 0. The second-order valence-corrected chi connectivity index (χ2v) is 3.88. The summed E-state index contributed by atoms with van der Waals surface area (Å²) in [7, 11) is 1.93. The molecule has 0 unspecified atom stereocenters. The Balaban J connectivity index is 1.73. The predicted molar refractivity (Wildman–Crippen MR) is 61.2 cm³/mol. The summed E-state index contributed by atoms with van der Waals surface area (Å²) < 4.78 is 10.8. The normalized spacial score (nSPS) is 17.4. The minimum Gasteiger partial charge on any atom is -0.378 e. The van der Waals surface area contributed by atoms with E-state index in [0.717, 1.165) is 32.9 Å². The molecule has 0 radical (unpaired) electrons. The van der Waals surface area contributed by atoms with Gasteiger partial charge in [0.1, 0.15) is 0 Å². The minimum atomic E-state index is 0.710. The number of nitrogens with one attached hydrogen (secondary N) is 1. The molecule has 0 aliphatic carbocycles. The molecule has 1 N–H and O–H groups in total. The molecule has 1 saturated heterocycles. The molecule has 0 saturated carbocycles. The second-order valence-electron chi connectivity index (χ2n) is 3.88. The van der Waals surface area contributed by atoms with Crippen molar-refractivity contribution in [3.05, 3.63) is 0 Å². The van der Waals surface area contributed by atoms with Gasteiger partial charge in [-0.05, 0) is 33.0 Å². The van der Waals surface area contributed by atoms with Crippen molar-refractivity contribution in [3.8, 4) is 0 Å². The van der Waals surface area contributed by atoms with Gasteiger partial charge in [-0.25, -0.2) is 0 Å². The van der Waals surface area contributed by atoms with Crippen LogP contribution >= 0.6 is 0 Å². The Morgan fingerprint density at radius 1 is 1.00 bits per heavy atom. The Hall–Kier alpha value is -0.160. The molecule has 15 heavy (non-hydrogen) atoms. The van der Waals surface area contributed by atoms with E-state index in [-0.39, 0.29) is 0 Å². The van der Waals surface area contributed by atoms with Gasteiger partial charge in [0.25, 0.3) is 0 Å². The van der Waals surface area contributed by atoms with Crippen molar-refractivity contribution in [2.24, 2.45) is 0 Å². The predicted octanol–water partition coefficient (Wildman–Crippen LogP) is 0.335. The highest BCUT2D eigenvalue weighted by Crippen LogP contribution is 2.05. The Labute approximate surface area is 92.9 Å². The lowest BCUT2D eigenvalue weighted by molar-refractivity contribution is 0.0421. The van der Waals surface area contributed by atoms with Crippen LogP contribution in [0.3, 0.4) is 0 Å². The monoisotopic (exact) mass is 216 g/mol. The SMILES string of the molecule is CNCCOCCOCCN1CCCC1. The zero-order chi connectivity index (χ0) is 10.8. The highest BCUT2D eigenvalue weighted by molar-refractivity contribution is 4.64. The summed E-state index contributed by atoms with van der Waals surface area (Å²) in [4.78, 5) is 2.46. The zero-order valence-corrected chi connectivity index (χ0v) is 9.83. The Morgan fingerprint density at radius 2 is 1.67 bits per heavy atom. The van der Waals surface area contributed by atoms with Crippen molar-refractivity contribution in [3.63, 3.8) is 0 Å². The first-order chi connectivity index (χ1) is 7.43. The van der Waals surface area contributed by atoms with E-state index in [2.05, 4.69) is 10.2 Å². The maximum absolute atomic E-state index is 5.49. The van der Waals surface area contributed by atoms with Crippen LogP contribution < -0.4 is 5.32 Å². The van der Waals surface area contributed by atoms with Crippen molar-refractivity contribution in [1.82, 2.24) is 10.2 Å². The molecule has 0 aromatic carbocycles. The van der Waals surface area contributed by atoms with E-state index in [4.69, 9.17) is 9.47 Å². The summed E-state index contributed by atoms with van der Waals surface area (Å²) in [6, 6.07) is 0. The van der Waals surface area contributed by atoms with Crippen LogP contribution in [-0.2, 0) is 9.47 Å². The number of hydrogen-bond donors (Lipinski definition) is 1. The van der Waals surface area contributed by atoms with Crippen LogP contribution in [0.4, 0.5) is 0 Å². The smallest absolute Gasteiger partial charge is 0.0701 e. The third-order valence-electron chi connectivity index (χ3n) is 2.62. The summed E-state index contributed by atoms with van der Waals surface area (Å²) in [6.07, 6.45) is 2.71. The molecule has 1 aliphatic heterocycles. The Bertz CT molecular complexity index is 139. The van der Waals surface area contributed by atoms with E-state index in [1.807, 2.05) is 7.05 Å². The van der Waals surface area contributed by atoms with Gasteiger partial charge in [0.2, 0.25) is 0 Å². The second kappa shape index (κ2) is 9.09. The lowest BCUT2D eigenvalue weighted by atomic mass is 10.4. The molecule has 0 aromatic rings. The molecular formula is C11H24N2O2. The quantitative estimate of drug-likeness (QED) is 0.563. The maximum Gasteiger partial charge on any atom is 0.0701 e. The number of likely N-dealkylation sites (tertiary alicyclic amines) is 1. The van der Waals surface area contributed by atoms with Gasteiger partial charge >= 0.3 is 0 Å². The molecular weight excluding hydrogens is 192 g/mol. The van der Waals surface area contributed by atoms with Gasteiger partial charge in [0, 0.05) is 13.1 Å². The molecule has 0 amide bonds. The Kier molecular flexibility index (Phi) is 7.83. The average molecular weight is 216 g/mol. The van der Waals surface area contributed by atoms with Crippen LogP contribution in [0.1, 0.15) is 12.8 Å². The topological polar surface area (TPSA) is 33.7 Å². The van der Waals surface area contributed by atoms with Gasteiger partial charge in [0.05, 0.1) is 26.4 Å². The van der Waals surface area contributed by atoms with E-state index in [1.165, 1.54) is 25.9 Å². The molecule has 1 heterocycles. The van der Waals surface area contributed by atoms with Crippen LogP contribution in [0.25, 0.3) is 0 Å². The van der Waals surface area contributed by atoms with Gasteiger partial charge in [0.15, 0.2) is 0 Å². The van der Waals surface area contributed by atoms with Gasteiger partial charge in [-0.3, -0.25) is 0 Å². The van der Waals surface area contributed by atoms with Crippen molar-refractivity contribution in [1.29, 1.82) is 0 Å². The number of nitrogens with zero attached hydrogens (tertiary/aromatic N) is 1. The number of ether oxygens (including phenoxy) is 2. The molecule has 4 nitrogen and oxygen atoms in total. The van der Waals surface area contributed by atoms with Crippen molar-refractivity contribution in [2.75, 3.05) is 59.7 Å². The summed E-state index contributed by atoms with van der Waals surface area (Å²) in [5, 5.41) is 3.03. The van der Waals surface area contributed by atoms with Crippen LogP contribution in [0.15, 0.2) is 0 Å². The van der Waals surface area contributed by atoms with Crippen molar-refractivity contribution < 1.29 is 9.47 Å². The largest absolute Gasteiger partial charge is 0.378 e. The molecule has 0 bridgehead atoms. The number of hydrogen-bond acceptors (Lipinski definition) is 4. The first-order valence-corrected chi connectivity index (χ1v) is 5.96. The highest BCUT2D eigenvalue weighted by atomic mass is 16.5. The lowest BCUT2D eigenvalue weighted by Crippen LogP contribution is -2.24. The van der Waals surface area contributed by atoms with Gasteiger partial charge in [-0.1, -0.05) is 0 Å². The fraction of sp³-hybridized carbons (Fsp3) is 1.00. The summed E-state index contributed by atoms with van der Waals surface area (Å²) in [6.45, 7) is 7.54. The standard InChI is InChI=1S/C11H24N2O2/c1-12-4-8-14-10-11-15-9-7-13-5-2-3-6-13/h12H,2-11H2,1H3. The Morgan fingerprint density at radius 3 is 2.33 bits per heavy atom. The molecule has 4 heteroatoms. The van der Waals surface area contributed by atoms with E-state index in [0.29, 0.717) is 6.61 Å². The maximum atomic E-state index is 5.49. The molecule has 90 valence electrons. The van der Waals surface area contributed by atoms with Gasteiger partial charge in [-0.2, -0.15) is 0 Å². The van der Waals surface area contributed by atoms with E-state index in [1.54, 1.807) is 0 Å². The van der Waals surface area contributed by atoms with E-state index in [9.17, 15) is 0 Å². The summed E-state index contributed by atoms with van der Waals surface area (Å²) >= 11 is 0. The van der Waals surface area contributed by atoms with Crippen molar-refractivity contribution in [2.45, 2.75) is 12.8 Å². The fourth-order valence-corrected chi connectivity index (χ4v) is 1.70. The van der Waals surface area contributed by atoms with Crippen molar-refractivity contribution >= 4 is 0 Å². The first kappa shape index (κ1) is 12.9. The van der Waals surface area contributed by atoms with E-state index >= 15 is 0 Å². The average Bonchev–Trinajstić information content (AvgIpc) is 2.75. The van der Waals surface area contributed by atoms with E-state index < -0.39 is 0 Å². The minimum absolute atomic E-state index is 0.710. The molecule has 0 spiro atoms. The van der Waals surface area contributed by atoms with Gasteiger partial charge < -0.3 is 19.7 Å². The molecule has 1 aliphatic rings.